The number of aromatic amines is 1. The molecule has 1 fully saturated rings. The molecule has 0 saturated carbocycles. The fraction of sp³-hybridized carbons (Fsp3) is 0.368. The number of carbonyl (C=O) groups excluding carboxylic acids is 1. The van der Waals surface area contributed by atoms with Crippen LogP contribution >= 0.6 is 0 Å². The number of hydrogen-bond donors (Lipinski definition) is 1. The zero-order valence-corrected chi connectivity index (χ0v) is 15.2. The van der Waals surface area contributed by atoms with Gasteiger partial charge >= 0.3 is 0 Å². The number of anilines is 1. The van der Waals surface area contributed by atoms with Crippen molar-refractivity contribution < 1.29 is 4.79 Å². The van der Waals surface area contributed by atoms with Crippen LogP contribution in [-0.4, -0.2) is 58.4 Å². The highest BCUT2D eigenvalue weighted by Gasteiger charge is 2.29. The predicted molar refractivity (Wildman–Crippen MR) is 100 cm³/mol. The summed E-state index contributed by atoms with van der Waals surface area (Å²) >= 11 is 0. The summed E-state index contributed by atoms with van der Waals surface area (Å²) in [5, 5.41) is 10.7. The van der Waals surface area contributed by atoms with Gasteiger partial charge in [-0.1, -0.05) is 0 Å². The molecule has 1 amide bonds. The smallest absolute Gasteiger partial charge is 0.253 e. The van der Waals surface area contributed by atoms with Crippen LogP contribution in [0.25, 0.3) is 11.0 Å². The molecule has 2 aromatic heterocycles. The van der Waals surface area contributed by atoms with Gasteiger partial charge in [0.15, 0.2) is 0 Å². The summed E-state index contributed by atoms with van der Waals surface area (Å²) in [4.78, 5) is 21.6. The Morgan fingerprint density at radius 2 is 2.00 bits per heavy atom. The fourth-order valence-electron chi connectivity index (χ4n) is 3.48. The summed E-state index contributed by atoms with van der Waals surface area (Å²) in [7, 11) is 4.06. The van der Waals surface area contributed by atoms with Crippen LogP contribution in [0, 0.1) is 6.92 Å². The van der Waals surface area contributed by atoms with Crippen LogP contribution < -0.4 is 4.90 Å². The van der Waals surface area contributed by atoms with Gasteiger partial charge in [0, 0.05) is 55.7 Å². The third kappa shape index (κ3) is 3.00. The number of hydrogen-bond acceptors (Lipinski definition) is 5. The van der Waals surface area contributed by atoms with Crippen molar-refractivity contribution >= 4 is 22.6 Å². The maximum absolute atomic E-state index is 12.9. The van der Waals surface area contributed by atoms with Gasteiger partial charge in [-0.3, -0.25) is 9.78 Å². The highest BCUT2D eigenvalue weighted by molar-refractivity contribution is 5.97. The lowest BCUT2D eigenvalue weighted by Gasteiger charge is -2.18. The number of rotatable bonds is 3. The van der Waals surface area contributed by atoms with Crippen molar-refractivity contribution in [2.24, 2.45) is 0 Å². The highest BCUT2D eigenvalue weighted by Crippen LogP contribution is 2.29. The molecule has 1 aliphatic heterocycles. The summed E-state index contributed by atoms with van der Waals surface area (Å²) in [5.74, 6) is 0.311. The quantitative estimate of drug-likeness (QED) is 0.784. The number of aromatic nitrogens is 4. The number of fused-ring (bicyclic) bond motifs is 1. The second-order valence-corrected chi connectivity index (χ2v) is 7.05. The van der Waals surface area contributed by atoms with E-state index in [4.69, 9.17) is 4.98 Å². The van der Waals surface area contributed by atoms with Crippen molar-refractivity contribution in [3.05, 3.63) is 47.3 Å². The summed E-state index contributed by atoms with van der Waals surface area (Å²) in [6.45, 7) is 3.45. The third-order valence-electron chi connectivity index (χ3n) is 4.93. The molecule has 1 aromatic carbocycles. The number of H-pyrrole nitrogens is 1. The van der Waals surface area contributed by atoms with Crippen molar-refractivity contribution in [3.63, 3.8) is 0 Å². The molecule has 4 rings (SSSR count). The van der Waals surface area contributed by atoms with Crippen LogP contribution in [0.2, 0.25) is 0 Å². The van der Waals surface area contributed by atoms with E-state index in [0.717, 1.165) is 35.6 Å². The van der Waals surface area contributed by atoms with Gasteiger partial charge in [-0.2, -0.15) is 15.4 Å². The minimum atomic E-state index is 0.0397. The van der Waals surface area contributed by atoms with E-state index in [0.29, 0.717) is 17.6 Å². The van der Waals surface area contributed by atoms with Crippen LogP contribution in [0.3, 0.4) is 0 Å². The fourth-order valence-corrected chi connectivity index (χ4v) is 3.48. The molecule has 0 bridgehead atoms. The van der Waals surface area contributed by atoms with Gasteiger partial charge in [0.2, 0.25) is 0 Å². The van der Waals surface area contributed by atoms with Crippen LogP contribution in [0.15, 0.2) is 30.3 Å². The number of pyridine rings is 1. The number of carbonyl (C=O) groups is 1. The second kappa shape index (κ2) is 6.40. The molecular weight excluding hydrogens is 328 g/mol. The van der Waals surface area contributed by atoms with Gasteiger partial charge in [-0.15, -0.1) is 0 Å². The lowest BCUT2D eigenvalue weighted by atomic mass is 10.0. The Hall–Kier alpha value is -2.96. The van der Waals surface area contributed by atoms with Crippen molar-refractivity contribution in [1.82, 2.24) is 25.3 Å². The average Bonchev–Trinajstić information content (AvgIpc) is 3.29. The largest absolute Gasteiger partial charge is 0.378 e. The minimum Gasteiger partial charge on any atom is -0.378 e. The standard InChI is InChI=1S/C19H22N6O/c1-12-8-15(24(2)3)10-17(20-12)14-6-7-25(11-14)19(26)13-4-5-16-18(9-13)22-23-21-16/h4-5,8-10,14H,6-7,11H2,1-3H3,(H,21,22,23). The Bertz CT molecular complexity index is 964. The normalized spacial score (nSPS) is 17.0. The molecule has 7 nitrogen and oxygen atoms in total. The Kier molecular flexibility index (Phi) is 4.06. The summed E-state index contributed by atoms with van der Waals surface area (Å²) < 4.78 is 0. The molecule has 7 heteroatoms. The maximum atomic E-state index is 12.9. The molecule has 0 aliphatic carbocycles. The zero-order chi connectivity index (χ0) is 18.3. The SMILES string of the molecule is Cc1cc(N(C)C)cc(C2CCN(C(=O)c3ccc4n[nH]nc4c3)C2)n1. The third-order valence-corrected chi connectivity index (χ3v) is 4.93. The highest BCUT2D eigenvalue weighted by atomic mass is 16.2. The van der Waals surface area contributed by atoms with Crippen LogP contribution in [0.5, 0.6) is 0 Å². The molecular formula is C19H22N6O. The number of amides is 1. The number of aryl methyl sites for hydroxylation is 1. The van der Waals surface area contributed by atoms with Gasteiger partial charge < -0.3 is 9.80 Å². The van der Waals surface area contributed by atoms with Crippen LogP contribution in [0.4, 0.5) is 5.69 Å². The van der Waals surface area contributed by atoms with E-state index >= 15 is 0 Å². The first-order valence-corrected chi connectivity index (χ1v) is 8.77. The number of nitrogens with one attached hydrogen (secondary N) is 1. The van der Waals surface area contributed by atoms with E-state index in [1.165, 1.54) is 0 Å². The van der Waals surface area contributed by atoms with Crippen molar-refractivity contribution in [1.29, 1.82) is 0 Å². The van der Waals surface area contributed by atoms with Gasteiger partial charge in [-0.25, -0.2) is 0 Å². The van der Waals surface area contributed by atoms with E-state index < -0.39 is 0 Å². The van der Waals surface area contributed by atoms with E-state index in [-0.39, 0.29) is 11.8 Å². The summed E-state index contributed by atoms with van der Waals surface area (Å²) in [6, 6.07) is 9.64. The lowest BCUT2D eigenvalue weighted by molar-refractivity contribution is 0.0791. The van der Waals surface area contributed by atoms with Gasteiger partial charge in [-0.05, 0) is 43.7 Å². The van der Waals surface area contributed by atoms with E-state index in [9.17, 15) is 4.79 Å². The molecule has 1 atom stereocenters. The van der Waals surface area contributed by atoms with Crippen LogP contribution in [-0.2, 0) is 0 Å². The van der Waals surface area contributed by atoms with Crippen molar-refractivity contribution in [2.75, 3.05) is 32.1 Å². The topological polar surface area (TPSA) is 78.0 Å². The molecule has 1 aliphatic rings. The van der Waals surface area contributed by atoms with E-state index in [2.05, 4.69) is 32.4 Å². The molecule has 3 aromatic rings. The number of benzene rings is 1. The molecule has 1 unspecified atom stereocenters. The van der Waals surface area contributed by atoms with Crippen molar-refractivity contribution in [2.45, 2.75) is 19.3 Å². The first kappa shape index (κ1) is 16.5. The van der Waals surface area contributed by atoms with Crippen molar-refractivity contribution in [3.8, 4) is 0 Å². The van der Waals surface area contributed by atoms with E-state index in [1.54, 1.807) is 6.07 Å². The van der Waals surface area contributed by atoms with Gasteiger partial charge in [0.25, 0.3) is 5.91 Å². The Morgan fingerprint density at radius 1 is 1.19 bits per heavy atom. The van der Waals surface area contributed by atoms with E-state index in [1.807, 2.05) is 38.1 Å². The number of nitrogens with zero attached hydrogens (tertiary/aromatic N) is 5. The predicted octanol–water partition coefficient (Wildman–Crippen LogP) is 2.36. The molecule has 1 N–H and O–H groups in total. The summed E-state index contributed by atoms with van der Waals surface area (Å²) in [6.07, 6.45) is 0.932. The maximum Gasteiger partial charge on any atom is 0.253 e. The second-order valence-electron chi connectivity index (χ2n) is 7.05. The zero-order valence-electron chi connectivity index (χ0n) is 15.2. The summed E-state index contributed by atoms with van der Waals surface area (Å²) in [5.41, 5.74) is 5.35. The van der Waals surface area contributed by atoms with Crippen LogP contribution in [0.1, 0.15) is 34.1 Å². The Labute approximate surface area is 152 Å². The average molecular weight is 350 g/mol. The molecule has 1 saturated heterocycles. The number of likely N-dealkylation sites (tertiary alicyclic amines) is 1. The molecule has 134 valence electrons. The monoisotopic (exact) mass is 350 g/mol. The molecule has 0 radical (unpaired) electrons. The lowest BCUT2D eigenvalue weighted by Crippen LogP contribution is -2.28. The first-order chi connectivity index (χ1) is 12.5. The Balaban J connectivity index is 1.53. The molecule has 3 heterocycles. The van der Waals surface area contributed by atoms with Gasteiger partial charge in [0.05, 0.1) is 0 Å². The molecule has 26 heavy (non-hydrogen) atoms. The first-order valence-electron chi connectivity index (χ1n) is 8.77. The minimum absolute atomic E-state index is 0.0397. The van der Waals surface area contributed by atoms with Gasteiger partial charge in [0.1, 0.15) is 11.0 Å². The Morgan fingerprint density at radius 3 is 2.81 bits per heavy atom. The molecule has 0 spiro atoms.